The molecular weight excluding hydrogens is 368 g/mol. The molecule has 1 aromatic carbocycles. The molecule has 0 amide bonds. The van der Waals surface area contributed by atoms with Gasteiger partial charge in [-0.3, -0.25) is 0 Å². The summed E-state index contributed by atoms with van der Waals surface area (Å²) in [5.41, 5.74) is 3.87. The van der Waals surface area contributed by atoms with Crippen molar-refractivity contribution in [3.63, 3.8) is 0 Å². The van der Waals surface area contributed by atoms with Crippen LogP contribution in [0.4, 0.5) is 0 Å². The molecular formula is C27H42N2O. The van der Waals surface area contributed by atoms with E-state index in [0.717, 1.165) is 24.1 Å². The Morgan fingerprint density at radius 2 is 1.80 bits per heavy atom. The van der Waals surface area contributed by atoms with Gasteiger partial charge in [0.15, 0.2) is 0 Å². The van der Waals surface area contributed by atoms with Crippen LogP contribution >= 0.6 is 0 Å². The lowest BCUT2D eigenvalue weighted by atomic mass is 9.82. The summed E-state index contributed by atoms with van der Waals surface area (Å²) in [7, 11) is 0. The number of ether oxygens (including phenoxy) is 1. The van der Waals surface area contributed by atoms with E-state index < -0.39 is 0 Å². The van der Waals surface area contributed by atoms with Crippen molar-refractivity contribution >= 4 is 10.9 Å². The van der Waals surface area contributed by atoms with E-state index in [9.17, 15) is 0 Å². The van der Waals surface area contributed by atoms with Gasteiger partial charge < -0.3 is 14.6 Å². The second-order valence-electron chi connectivity index (χ2n) is 10.8. The number of aryl methyl sites for hydroxylation is 1. The fourth-order valence-electron chi connectivity index (χ4n) is 5.79. The lowest BCUT2D eigenvalue weighted by molar-refractivity contribution is 0.118. The quantitative estimate of drug-likeness (QED) is 0.554. The number of rotatable bonds is 6. The number of aromatic amines is 1. The molecule has 4 rings (SSSR count). The third kappa shape index (κ3) is 5.41. The monoisotopic (exact) mass is 410 g/mol. The van der Waals surface area contributed by atoms with Gasteiger partial charge in [-0.15, -0.1) is 0 Å². The van der Waals surface area contributed by atoms with Crippen LogP contribution in [0.5, 0.6) is 5.75 Å². The van der Waals surface area contributed by atoms with Crippen LogP contribution in [-0.2, 0) is 6.42 Å². The first kappa shape index (κ1) is 21.7. The molecule has 0 bridgehead atoms. The van der Waals surface area contributed by atoms with Crippen LogP contribution in [0.15, 0.2) is 18.2 Å². The summed E-state index contributed by atoms with van der Waals surface area (Å²) in [5.74, 6) is 1.96. The molecule has 1 saturated heterocycles. The molecule has 1 atom stereocenters. The fourth-order valence-corrected chi connectivity index (χ4v) is 5.79. The standard InChI is InChI=1S/C27H42N2O/c1-20-24(25-19-23(30-27(2,3)4)13-14-26(25)28-20)15-17-29-16-9-8-12-22(29)18-21-10-6-5-7-11-21/h13-14,19,21-22,28H,5-12,15-18H2,1-4H3. The number of piperidine rings is 1. The van der Waals surface area contributed by atoms with E-state index in [2.05, 4.69) is 55.8 Å². The van der Waals surface area contributed by atoms with Gasteiger partial charge in [0.2, 0.25) is 0 Å². The zero-order chi connectivity index (χ0) is 21.1. The maximum Gasteiger partial charge on any atom is 0.120 e. The van der Waals surface area contributed by atoms with Crippen molar-refractivity contribution in [2.75, 3.05) is 13.1 Å². The van der Waals surface area contributed by atoms with Gasteiger partial charge in [-0.2, -0.15) is 0 Å². The predicted molar refractivity (Wildman–Crippen MR) is 128 cm³/mol. The second-order valence-corrected chi connectivity index (χ2v) is 10.8. The van der Waals surface area contributed by atoms with Crippen LogP contribution in [-0.4, -0.2) is 34.6 Å². The highest BCUT2D eigenvalue weighted by Gasteiger charge is 2.26. The van der Waals surface area contributed by atoms with Crippen molar-refractivity contribution < 1.29 is 4.74 Å². The SMILES string of the molecule is Cc1[nH]c2ccc(OC(C)(C)C)cc2c1CCN1CCCCC1CC1CCCCC1. The molecule has 0 radical (unpaired) electrons. The highest BCUT2D eigenvalue weighted by Crippen LogP contribution is 2.33. The molecule has 1 aliphatic carbocycles. The van der Waals surface area contributed by atoms with Gasteiger partial charge in [0.05, 0.1) is 0 Å². The third-order valence-corrected chi connectivity index (χ3v) is 7.24. The van der Waals surface area contributed by atoms with Gasteiger partial charge in [0.25, 0.3) is 0 Å². The number of nitrogens with zero attached hydrogens (tertiary/aromatic N) is 1. The van der Waals surface area contributed by atoms with Gasteiger partial charge >= 0.3 is 0 Å². The Kier molecular flexibility index (Phi) is 6.77. The number of aromatic nitrogens is 1. The van der Waals surface area contributed by atoms with Crippen LogP contribution in [0.2, 0.25) is 0 Å². The topological polar surface area (TPSA) is 28.3 Å². The fraction of sp³-hybridized carbons (Fsp3) is 0.704. The molecule has 1 N–H and O–H groups in total. The van der Waals surface area contributed by atoms with Crippen molar-refractivity contribution in [2.24, 2.45) is 5.92 Å². The van der Waals surface area contributed by atoms with E-state index in [0.29, 0.717) is 0 Å². The van der Waals surface area contributed by atoms with Gasteiger partial charge in [-0.25, -0.2) is 0 Å². The summed E-state index contributed by atoms with van der Waals surface area (Å²) >= 11 is 0. The average Bonchev–Trinajstić information content (AvgIpc) is 3.01. The Labute approximate surface area is 183 Å². The maximum absolute atomic E-state index is 6.15. The van der Waals surface area contributed by atoms with Gasteiger partial charge in [-0.05, 0) is 89.6 Å². The number of H-pyrrole nitrogens is 1. The minimum atomic E-state index is -0.167. The number of fused-ring (bicyclic) bond motifs is 1. The van der Waals surface area contributed by atoms with E-state index in [-0.39, 0.29) is 5.60 Å². The Bertz CT molecular complexity index is 825. The molecule has 1 saturated carbocycles. The zero-order valence-corrected chi connectivity index (χ0v) is 19.7. The maximum atomic E-state index is 6.15. The normalized spacial score (nSPS) is 21.9. The Morgan fingerprint density at radius 1 is 1.03 bits per heavy atom. The van der Waals surface area contributed by atoms with Crippen LogP contribution < -0.4 is 4.74 Å². The summed E-state index contributed by atoms with van der Waals surface area (Å²) in [6.07, 6.45) is 14.1. The molecule has 1 unspecified atom stereocenters. The zero-order valence-electron chi connectivity index (χ0n) is 19.7. The van der Waals surface area contributed by atoms with E-state index in [1.807, 2.05) is 0 Å². The largest absolute Gasteiger partial charge is 0.488 e. The lowest BCUT2D eigenvalue weighted by Gasteiger charge is -2.38. The number of nitrogens with one attached hydrogen (secondary N) is 1. The van der Waals surface area contributed by atoms with E-state index >= 15 is 0 Å². The lowest BCUT2D eigenvalue weighted by Crippen LogP contribution is -2.42. The van der Waals surface area contributed by atoms with Crippen molar-refractivity contribution in [1.82, 2.24) is 9.88 Å². The number of hydrogen-bond acceptors (Lipinski definition) is 2. The van der Waals surface area contributed by atoms with Crippen molar-refractivity contribution in [2.45, 2.75) is 104 Å². The highest BCUT2D eigenvalue weighted by atomic mass is 16.5. The summed E-state index contributed by atoms with van der Waals surface area (Å²) in [6, 6.07) is 7.33. The number of hydrogen-bond donors (Lipinski definition) is 1. The molecule has 2 heterocycles. The highest BCUT2D eigenvalue weighted by molar-refractivity contribution is 5.86. The van der Waals surface area contributed by atoms with E-state index in [1.165, 1.54) is 93.0 Å². The molecule has 3 nitrogen and oxygen atoms in total. The minimum Gasteiger partial charge on any atom is -0.488 e. The third-order valence-electron chi connectivity index (χ3n) is 7.24. The molecule has 2 aliphatic rings. The van der Waals surface area contributed by atoms with Crippen LogP contribution in [0.1, 0.15) is 89.8 Å². The van der Waals surface area contributed by atoms with E-state index in [1.54, 1.807) is 0 Å². The first-order valence-corrected chi connectivity index (χ1v) is 12.4. The van der Waals surface area contributed by atoms with Crippen LogP contribution in [0.25, 0.3) is 10.9 Å². The molecule has 30 heavy (non-hydrogen) atoms. The number of benzene rings is 1. The summed E-state index contributed by atoms with van der Waals surface area (Å²) < 4.78 is 6.15. The molecule has 1 aromatic heterocycles. The molecule has 3 heteroatoms. The van der Waals surface area contributed by atoms with Crippen LogP contribution in [0.3, 0.4) is 0 Å². The van der Waals surface area contributed by atoms with Crippen LogP contribution in [0, 0.1) is 12.8 Å². The van der Waals surface area contributed by atoms with Crippen molar-refractivity contribution in [3.8, 4) is 5.75 Å². The predicted octanol–water partition coefficient (Wildman–Crippen LogP) is 7.02. The van der Waals surface area contributed by atoms with Gasteiger partial charge in [0, 0.05) is 29.2 Å². The molecule has 2 aromatic rings. The second kappa shape index (κ2) is 9.34. The molecule has 166 valence electrons. The summed E-state index contributed by atoms with van der Waals surface area (Å²) in [5, 5.41) is 1.34. The molecule has 2 fully saturated rings. The number of likely N-dealkylation sites (tertiary alicyclic amines) is 1. The first-order chi connectivity index (χ1) is 14.4. The summed E-state index contributed by atoms with van der Waals surface area (Å²) in [4.78, 5) is 6.43. The molecule has 1 aliphatic heterocycles. The van der Waals surface area contributed by atoms with Crippen molar-refractivity contribution in [3.05, 3.63) is 29.5 Å². The van der Waals surface area contributed by atoms with E-state index in [4.69, 9.17) is 4.74 Å². The summed E-state index contributed by atoms with van der Waals surface area (Å²) in [6.45, 7) is 11.1. The Morgan fingerprint density at radius 3 is 2.57 bits per heavy atom. The molecule has 0 spiro atoms. The van der Waals surface area contributed by atoms with Crippen molar-refractivity contribution in [1.29, 1.82) is 0 Å². The van der Waals surface area contributed by atoms with Gasteiger partial charge in [-0.1, -0.05) is 38.5 Å². The minimum absolute atomic E-state index is 0.167. The average molecular weight is 411 g/mol. The Balaban J connectivity index is 1.45. The Hall–Kier alpha value is -1.48. The van der Waals surface area contributed by atoms with Gasteiger partial charge in [0.1, 0.15) is 11.4 Å². The smallest absolute Gasteiger partial charge is 0.120 e. The first-order valence-electron chi connectivity index (χ1n) is 12.4.